The van der Waals surface area contributed by atoms with Gasteiger partial charge in [0.05, 0.1) is 11.6 Å². The van der Waals surface area contributed by atoms with Crippen LogP contribution in [-0.2, 0) is 0 Å². The fourth-order valence-electron chi connectivity index (χ4n) is 3.00. The van der Waals surface area contributed by atoms with Gasteiger partial charge in [-0.1, -0.05) is 24.3 Å². The zero-order valence-electron chi connectivity index (χ0n) is 13.9. The first-order chi connectivity index (χ1) is 11.0. The van der Waals surface area contributed by atoms with Crippen LogP contribution in [0.1, 0.15) is 45.8 Å². The molecule has 3 rings (SSSR count). The van der Waals surface area contributed by atoms with Crippen molar-refractivity contribution in [2.24, 2.45) is 0 Å². The van der Waals surface area contributed by atoms with E-state index in [1.54, 1.807) is 0 Å². The Bertz CT molecular complexity index is 879. The first-order valence-electron chi connectivity index (χ1n) is 7.79. The predicted octanol–water partition coefficient (Wildman–Crippen LogP) is 3.75. The number of hydrogen-bond acceptors (Lipinski definition) is 2. The van der Waals surface area contributed by atoms with E-state index >= 15 is 0 Å². The first-order valence-corrected chi connectivity index (χ1v) is 7.79. The molecule has 118 valence electrons. The molecule has 1 amide bonds. The molecule has 0 aliphatic heterocycles. The molecule has 1 aromatic carbocycles. The normalized spacial score (nSPS) is 12.3. The Balaban J connectivity index is 1.91. The van der Waals surface area contributed by atoms with Crippen LogP contribution in [0.5, 0.6) is 0 Å². The van der Waals surface area contributed by atoms with Crippen molar-refractivity contribution in [3.05, 3.63) is 70.7 Å². The van der Waals surface area contributed by atoms with Gasteiger partial charge in [-0.05, 0) is 51.0 Å². The van der Waals surface area contributed by atoms with E-state index in [1.165, 1.54) is 5.56 Å². The average molecular weight is 307 g/mol. The van der Waals surface area contributed by atoms with Crippen LogP contribution in [0.15, 0.2) is 42.6 Å². The van der Waals surface area contributed by atoms with E-state index in [9.17, 15) is 4.79 Å². The summed E-state index contributed by atoms with van der Waals surface area (Å²) in [6.45, 7) is 8.01. The van der Waals surface area contributed by atoms with Crippen molar-refractivity contribution in [3.8, 4) is 0 Å². The molecular formula is C19H21N3O. The van der Waals surface area contributed by atoms with Gasteiger partial charge in [0.1, 0.15) is 5.65 Å². The van der Waals surface area contributed by atoms with Crippen molar-refractivity contribution in [1.82, 2.24) is 14.7 Å². The number of carbonyl (C=O) groups is 1. The van der Waals surface area contributed by atoms with Gasteiger partial charge in [0.25, 0.3) is 5.91 Å². The second-order valence-corrected chi connectivity index (χ2v) is 6.01. The molecule has 23 heavy (non-hydrogen) atoms. The van der Waals surface area contributed by atoms with Crippen LogP contribution < -0.4 is 5.32 Å². The fraction of sp³-hybridized carbons (Fsp3) is 0.263. The largest absolute Gasteiger partial charge is 0.345 e. The summed E-state index contributed by atoms with van der Waals surface area (Å²) < 4.78 is 1.94. The second kappa shape index (κ2) is 5.88. The van der Waals surface area contributed by atoms with Crippen molar-refractivity contribution in [3.63, 3.8) is 0 Å². The summed E-state index contributed by atoms with van der Waals surface area (Å²) in [6.07, 6.45) is 1.89. The number of nitrogens with one attached hydrogen (secondary N) is 1. The molecule has 4 heteroatoms. The molecule has 2 aromatic heterocycles. The maximum Gasteiger partial charge on any atom is 0.255 e. The van der Waals surface area contributed by atoms with Gasteiger partial charge in [-0.2, -0.15) is 0 Å². The topological polar surface area (TPSA) is 46.4 Å². The minimum atomic E-state index is -0.0965. The summed E-state index contributed by atoms with van der Waals surface area (Å²) in [4.78, 5) is 17.2. The number of amides is 1. The number of aromatic nitrogens is 2. The van der Waals surface area contributed by atoms with E-state index in [-0.39, 0.29) is 11.9 Å². The van der Waals surface area contributed by atoms with Crippen molar-refractivity contribution in [2.45, 2.75) is 33.7 Å². The SMILES string of the molecule is Cc1cc(C)n2ccc(C(=O)NC(C)c3ccccc3C)c2n1. The zero-order chi connectivity index (χ0) is 16.6. The summed E-state index contributed by atoms with van der Waals surface area (Å²) >= 11 is 0. The monoisotopic (exact) mass is 307 g/mol. The highest BCUT2D eigenvalue weighted by Crippen LogP contribution is 2.19. The zero-order valence-corrected chi connectivity index (χ0v) is 13.9. The van der Waals surface area contributed by atoms with Crippen LogP contribution in [0.3, 0.4) is 0 Å². The van der Waals surface area contributed by atoms with Crippen LogP contribution in [0, 0.1) is 20.8 Å². The van der Waals surface area contributed by atoms with Crippen molar-refractivity contribution >= 4 is 11.6 Å². The lowest BCUT2D eigenvalue weighted by atomic mass is 10.0. The van der Waals surface area contributed by atoms with Gasteiger partial charge >= 0.3 is 0 Å². The Morgan fingerprint density at radius 2 is 1.91 bits per heavy atom. The lowest BCUT2D eigenvalue weighted by molar-refractivity contribution is 0.0941. The van der Waals surface area contributed by atoms with E-state index in [0.29, 0.717) is 11.2 Å². The molecule has 0 bridgehead atoms. The summed E-state index contributed by atoms with van der Waals surface area (Å²) in [5, 5.41) is 3.08. The van der Waals surface area contributed by atoms with E-state index in [0.717, 1.165) is 17.0 Å². The van der Waals surface area contributed by atoms with Crippen LogP contribution in [0.25, 0.3) is 5.65 Å². The van der Waals surface area contributed by atoms with E-state index in [1.807, 2.05) is 61.7 Å². The van der Waals surface area contributed by atoms with E-state index in [2.05, 4.69) is 23.3 Å². The van der Waals surface area contributed by atoms with Crippen molar-refractivity contribution in [1.29, 1.82) is 0 Å². The molecular weight excluding hydrogens is 286 g/mol. The summed E-state index contributed by atoms with van der Waals surface area (Å²) in [7, 11) is 0. The Kier molecular flexibility index (Phi) is 3.90. The molecule has 0 fully saturated rings. The highest BCUT2D eigenvalue weighted by atomic mass is 16.1. The van der Waals surface area contributed by atoms with Gasteiger partial charge in [0, 0.05) is 17.6 Å². The maximum absolute atomic E-state index is 12.7. The highest BCUT2D eigenvalue weighted by Gasteiger charge is 2.17. The molecule has 2 heterocycles. The number of aryl methyl sites for hydroxylation is 3. The van der Waals surface area contributed by atoms with Crippen LogP contribution >= 0.6 is 0 Å². The van der Waals surface area contributed by atoms with Crippen LogP contribution in [0.4, 0.5) is 0 Å². The number of benzene rings is 1. The third-order valence-corrected chi connectivity index (χ3v) is 4.19. The van der Waals surface area contributed by atoms with E-state index in [4.69, 9.17) is 0 Å². The molecule has 0 saturated carbocycles. The summed E-state index contributed by atoms with van der Waals surface area (Å²) in [5.74, 6) is -0.0965. The Hall–Kier alpha value is -2.62. The van der Waals surface area contributed by atoms with Crippen LogP contribution in [0.2, 0.25) is 0 Å². The lowest BCUT2D eigenvalue weighted by Gasteiger charge is -2.16. The second-order valence-electron chi connectivity index (χ2n) is 6.01. The third-order valence-electron chi connectivity index (χ3n) is 4.19. The smallest absolute Gasteiger partial charge is 0.255 e. The predicted molar refractivity (Wildman–Crippen MR) is 91.7 cm³/mol. The molecule has 1 unspecified atom stereocenters. The van der Waals surface area contributed by atoms with Gasteiger partial charge < -0.3 is 9.72 Å². The number of fused-ring (bicyclic) bond motifs is 1. The maximum atomic E-state index is 12.7. The fourth-order valence-corrected chi connectivity index (χ4v) is 3.00. The van der Waals surface area contributed by atoms with Gasteiger partial charge in [0.15, 0.2) is 0 Å². The first kappa shape index (κ1) is 15.3. The lowest BCUT2D eigenvalue weighted by Crippen LogP contribution is -2.27. The molecule has 1 N–H and O–H groups in total. The van der Waals surface area contributed by atoms with Gasteiger partial charge in [-0.15, -0.1) is 0 Å². The average Bonchev–Trinajstić information content (AvgIpc) is 2.91. The minimum absolute atomic E-state index is 0.0513. The number of rotatable bonds is 3. The molecule has 0 aliphatic carbocycles. The molecule has 4 nitrogen and oxygen atoms in total. The molecule has 0 saturated heterocycles. The van der Waals surface area contributed by atoms with Crippen LogP contribution in [-0.4, -0.2) is 15.3 Å². The Labute approximate surface area is 136 Å². The Morgan fingerprint density at radius 3 is 2.65 bits per heavy atom. The standard InChI is InChI=1S/C19H21N3O/c1-12-7-5-6-8-16(12)15(4)21-19(23)17-9-10-22-14(3)11-13(2)20-18(17)22/h5-11,15H,1-4H3,(H,21,23). The summed E-state index contributed by atoms with van der Waals surface area (Å²) in [5.41, 5.74) is 5.60. The molecule has 0 aliphatic rings. The van der Waals surface area contributed by atoms with Gasteiger partial charge in [0.2, 0.25) is 0 Å². The molecule has 0 radical (unpaired) electrons. The summed E-state index contributed by atoms with van der Waals surface area (Å²) in [6, 6.07) is 11.9. The molecule has 3 aromatic rings. The minimum Gasteiger partial charge on any atom is -0.345 e. The number of nitrogens with zero attached hydrogens (tertiary/aromatic N) is 2. The number of hydrogen-bond donors (Lipinski definition) is 1. The third kappa shape index (κ3) is 2.84. The quantitative estimate of drug-likeness (QED) is 0.801. The molecule has 0 spiro atoms. The van der Waals surface area contributed by atoms with Crippen molar-refractivity contribution < 1.29 is 4.79 Å². The number of carbonyl (C=O) groups excluding carboxylic acids is 1. The van der Waals surface area contributed by atoms with E-state index < -0.39 is 0 Å². The Morgan fingerprint density at radius 1 is 1.17 bits per heavy atom. The highest BCUT2D eigenvalue weighted by molar-refractivity contribution is 6.00. The van der Waals surface area contributed by atoms with Crippen molar-refractivity contribution in [2.75, 3.05) is 0 Å². The van der Waals surface area contributed by atoms with Gasteiger partial charge in [-0.3, -0.25) is 4.79 Å². The van der Waals surface area contributed by atoms with Gasteiger partial charge in [-0.25, -0.2) is 4.98 Å². The molecule has 1 atom stereocenters.